The van der Waals surface area contributed by atoms with Gasteiger partial charge in [0.1, 0.15) is 10.7 Å². The molecule has 0 saturated carbocycles. The molecule has 2 aromatic heterocycles. The first kappa shape index (κ1) is 18.3. The summed E-state index contributed by atoms with van der Waals surface area (Å²) in [7, 11) is -3.39. The van der Waals surface area contributed by atoms with Gasteiger partial charge in [0.2, 0.25) is 10.0 Å². The summed E-state index contributed by atoms with van der Waals surface area (Å²) in [4.78, 5) is 13.4. The lowest BCUT2D eigenvalue weighted by Crippen LogP contribution is -2.46. The molecule has 0 amide bonds. The van der Waals surface area contributed by atoms with E-state index >= 15 is 0 Å². The van der Waals surface area contributed by atoms with Crippen LogP contribution in [0.5, 0.6) is 0 Å². The molecule has 4 rings (SSSR count). The lowest BCUT2D eigenvalue weighted by atomic mass is 10.2. The van der Waals surface area contributed by atoms with Gasteiger partial charge in [0.05, 0.1) is 0 Å². The highest BCUT2D eigenvalue weighted by atomic mass is 32.2. The monoisotopic (exact) mass is 387 g/mol. The minimum Gasteiger partial charge on any atom is -0.354 e. The van der Waals surface area contributed by atoms with Gasteiger partial charge in [-0.3, -0.25) is 9.88 Å². The Labute approximate surface area is 160 Å². The van der Waals surface area contributed by atoms with Crippen LogP contribution < -0.4 is 4.90 Å². The Balaban J connectivity index is 1.36. The summed E-state index contributed by atoms with van der Waals surface area (Å²) >= 11 is 0. The molecule has 0 radical (unpaired) electrons. The molecule has 2 aliphatic heterocycles. The molecule has 8 heteroatoms. The number of rotatable bonds is 5. The maximum absolute atomic E-state index is 12.6. The number of sulfonamides is 1. The number of aromatic nitrogens is 2. The number of hydrogen-bond acceptors (Lipinski definition) is 6. The quantitative estimate of drug-likeness (QED) is 0.776. The van der Waals surface area contributed by atoms with Crippen molar-refractivity contribution in [1.82, 2.24) is 19.2 Å². The van der Waals surface area contributed by atoms with E-state index in [0.717, 1.165) is 51.4 Å². The van der Waals surface area contributed by atoms with Crippen molar-refractivity contribution >= 4 is 15.8 Å². The van der Waals surface area contributed by atoms with Gasteiger partial charge in [0.15, 0.2) is 0 Å². The zero-order valence-electron chi connectivity index (χ0n) is 15.4. The second-order valence-corrected chi connectivity index (χ2v) is 9.02. The van der Waals surface area contributed by atoms with Gasteiger partial charge in [-0.05, 0) is 42.7 Å². The third-order valence-electron chi connectivity index (χ3n) is 5.28. The Hall–Kier alpha value is -2.03. The molecule has 7 nitrogen and oxygen atoms in total. The average Bonchev–Trinajstić information content (AvgIpc) is 3.25. The predicted molar refractivity (Wildman–Crippen MR) is 104 cm³/mol. The Morgan fingerprint density at radius 1 is 0.889 bits per heavy atom. The summed E-state index contributed by atoms with van der Waals surface area (Å²) in [5, 5.41) is 0. The van der Waals surface area contributed by atoms with Crippen molar-refractivity contribution < 1.29 is 8.42 Å². The molecule has 2 aromatic rings. The average molecular weight is 388 g/mol. The number of pyridine rings is 2. The van der Waals surface area contributed by atoms with E-state index in [9.17, 15) is 8.42 Å². The van der Waals surface area contributed by atoms with Gasteiger partial charge in [-0.1, -0.05) is 0 Å². The maximum atomic E-state index is 12.6. The number of piperazine rings is 1. The Bertz CT molecular complexity index is 843. The second kappa shape index (κ2) is 7.92. The molecule has 2 fully saturated rings. The van der Waals surface area contributed by atoms with Crippen LogP contribution in [0.15, 0.2) is 47.8 Å². The first-order valence-electron chi connectivity index (χ1n) is 9.45. The summed E-state index contributed by atoms with van der Waals surface area (Å²) in [6, 6.07) is 7.63. The lowest BCUT2D eigenvalue weighted by molar-refractivity contribution is 0.249. The third kappa shape index (κ3) is 4.12. The van der Waals surface area contributed by atoms with Crippen LogP contribution in [0.3, 0.4) is 0 Å². The zero-order valence-corrected chi connectivity index (χ0v) is 16.2. The molecule has 0 aliphatic carbocycles. The molecule has 0 unspecified atom stereocenters. The van der Waals surface area contributed by atoms with Crippen molar-refractivity contribution in [3.05, 3.63) is 48.4 Å². The van der Waals surface area contributed by atoms with E-state index in [1.54, 1.807) is 10.4 Å². The van der Waals surface area contributed by atoms with Crippen LogP contribution in [0, 0.1) is 0 Å². The first-order chi connectivity index (χ1) is 13.1. The van der Waals surface area contributed by atoms with Crippen molar-refractivity contribution in [2.24, 2.45) is 0 Å². The normalized spacial score (nSPS) is 19.5. The van der Waals surface area contributed by atoms with Crippen molar-refractivity contribution in [3.8, 4) is 0 Å². The Kier molecular flexibility index (Phi) is 5.38. The fraction of sp³-hybridized carbons (Fsp3) is 0.474. The van der Waals surface area contributed by atoms with E-state index in [0.29, 0.717) is 18.0 Å². The minimum absolute atomic E-state index is 0.296. The molecule has 2 aliphatic rings. The van der Waals surface area contributed by atoms with Gasteiger partial charge in [0, 0.05) is 64.4 Å². The topological polar surface area (TPSA) is 69.6 Å². The van der Waals surface area contributed by atoms with Crippen LogP contribution in [-0.2, 0) is 16.6 Å². The van der Waals surface area contributed by atoms with Gasteiger partial charge in [-0.25, -0.2) is 13.4 Å². The number of nitrogens with zero attached hydrogens (tertiary/aromatic N) is 5. The SMILES string of the molecule is O=S(=O)(c1ccc(N2CCN(Cc3ccncc3)CC2)nc1)N1CCCC1. The van der Waals surface area contributed by atoms with E-state index in [2.05, 4.69) is 19.8 Å². The van der Waals surface area contributed by atoms with E-state index in [1.807, 2.05) is 30.6 Å². The van der Waals surface area contributed by atoms with Crippen LogP contribution in [0.25, 0.3) is 0 Å². The van der Waals surface area contributed by atoms with Crippen LogP contribution in [-0.4, -0.2) is 66.9 Å². The molecule has 0 atom stereocenters. The third-order valence-corrected chi connectivity index (χ3v) is 7.16. The van der Waals surface area contributed by atoms with Crippen molar-refractivity contribution in [3.63, 3.8) is 0 Å². The maximum Gasteiger partial charge on any atom is 0.244 e. The highest BCUT2D eigenvalue weighted by Gasteiger charge is 2.27. The van der Waals surface area contributed by atoms with E-state index in [-0.39, 0.29) is 0 Å². The highest BCUT2D eigenvalue weighted by Crippen LogP contribution is 2.22. The fourth-order valence-electron chi connectivity index (χ4n) is 3.67. The van der Waals surface area contributed by atoms with Crippen molar-refractivity contribution in [2.75, 3.05) is 44.2 Å². The van der Waals surface area contributed by atoms with Gasteiger partial charge in [0.25, 0.3) is 0 Å². The molecule has 0 aromatic carbocycles. The smallest absolute Gasteiger partial charge is 0.244 e. The van der Waals surface area contributed by atoms with Crippen molar-refractivity contribution in [1.29, 1.82) is 0 Å². The van der Waals surface area contributed by atoms with Crippen LogP contribution >= 0.6 is 0 Å². The molecule has 0 spiro atoms. The molecule has 0 N–H and O–H groups in total. The standard InChI is InChI=1S/C19H25N5O2S/c25-27(26,24-9-1-2-10-24)18-3-4-19(21-15-18)23-13-11-22(12-14-23)16-17-5-7-20-8-6-17/h3-8,15H,1-2,9-14,16H2. The molecular weight excluding hydrogens is 362 g/mol. The van der Waals surface area contributed by atoms with Crippen molar-refractivity contribution in [2.45, 2.75) is 24.3 Å². The molecule has 4 heterocycles. The number of hydrogen-bond donors (Lipinski definition) is 0. The predicted octanol–water partition coefficient (Wildman–Crippen LogP) is 1.58. The summed E-state index contributed by atoms with van der Waals surface area (Å²) in [5.41, 5.74) is 1.27. The molecule has 2 saturated heterocycles. The fourth-order valence-corrected chi connectivity index (χ4v) is 5.13. The first-order valence-corrected chi connectivity index (χ1v) is 10.9. The van der Waals surface area contributed by atoms with Gasteiger partial charge in [-0.2, -0.15) is 4.31 Å². The summed E-state index contributed by atoms with van der Waals surface area (Å²) in [5.74, 6) is 0.846. The van der Waals surface area contributed by atoms with Gasteiger partial charge in [-0.15, -0.1) is 0 Å². The van der Waals surface area contributed by atoms with Crippen LogP contribution in [0.4, 0.5) is 5.82 Å². The Morgan fingerprint density at radius 2 is 1.59 bits per heavy atom. The lowest BCUT2D eigenvalue weighted by Gasteiger charge is -2.35. The molecule has 0 bridgehead atoms. The zero-order chi connectivity index (χ0) is 18.7. The number of anilines is 1. The summed E-state index contributed by atoms with van der Waals surface area (Å²) in [6.45, 7) is 5.84. The summed E-state index contributed by atoms with van der Waals surface area (Å²) < 4.78 is 26.8. The minimum atomic E-state index is -3.39. The van der Waals surface area contributed by atoms with Gasteiger partial charge < -0.3 is 4.90 Å². The molecule has 144 valence electrons. The largest absolute Gasteiger partial charge is 0.354 e. The Morgan fingerprint density at radius 3 is 2.22 bits per heavy atom. The van der Waals surface area contributed by atoms with Crippen LogP contribution in [0.1, 0.15) is 18.4 Å². The van der Waals surface area contributed by atoms with E-state index < -0.39 is 10.0 Å². The van der Waals surface area contributed by atoms with E-state index in [4.69, 9.17) is 0 Å². The second-order valence-electron chi connectivity index (χ2n) is 7.08. The highest BCUT2D eigenvalue weighted by molar-refractivity contribution is 7.89. The van der Waals surface area contributed by atoms with E-state index in [1.165, 1.54) is 11.8 Å². The van der Waals surface area contributed by atoms with Crippen LogP contribution in [0.2, 0.25) is 0 Å². The van der Waals surface area contributed by atoms with Gasteiger partial charge >= 0.3 is 0 Å². The summed E-state index contributed by atoms with van der Waals surface area (Å²) in [6.07, 6.45) is 7.04. The molecule has 27 heavy (non-hydrogen) atoms. The molecular formula is C19H25N5O2S.